The molecule has 0 aliphatic heterocycles. The first kappa shape index (κ1) is 30.1. The van der Waals surface area contributed by atoms with Gasteiger partial charge in [0.2, 0.25) is 11.8 Å². The molecule has 0 aliphatic carbocycles. The first-order valence-electron chi connectivity index (χ1n) is 12.6. The van der Waals surface area contributed by atoms with E-state index in [9.17, 15) is 22.4 Å². The van der Waals surface area contributed by atoms with Crippen LogP contribution in [0.3, 0.4) is 0 Å². The third-order valence-electron chi connectivity index (χ3n) is 6.41. The molecule has 208 valence electrons. The van der Waals surface area contributed by atoms with Crippen molar-refractivity contribution >= 4 is 39.1 Å². The predicted octanol–water partition coefficient (Wildman–Crippen LogP) is 5.23. The monoisotopic (exact) mass is 573 g/mol. The van der Waals surface area contributed by atoms with E-state index in [2.05, 4.69) is 5.32 Å². The molecule has 1 atom stereocenters. The van der Waals surface area contributed by atoms with E-state index in [1.807, 2.05) is 13.8 Å². The molecule has 0 saturated carbocycles. The smallest absolute Gasteiger partial charge is 0.264 e. The van der Waals surface area contributed by atoms with Gasteiger partial charge in [0, 0.05) is 23.7 Å². The maximum absolute atomic E-state index is 14.6. The molecule has 7 nitrogen and oxygen atoms in total. The van der Waals surface area contributed by atoms with Gasteiger partial charge >= 0.3 is 0 Å². The minimum absolute atomic E-state index is 0.00494. The summed E-state index contributed by atoms with van der Waals surface area (Å²) in [5, 5.41) is 3.09. The van der Waals surface area contributed by atoms with Gasteiger partial charge in [0.1, 0.15) is 18.4 Å². The highest BCUT2D eigenvalue weighted by Gasteiger charge is 2.33. The maximum atomic E-state index is 14.6. The lowest BCUT2D eigenvalue weighted by Crippen LogP contribution is -2.51. The van der Waals surface area contributed by atoms with Crippen LogP contribution in [0.15, 0.2) is 71.6 Å². The second-order valence-electron chi connectivity index (χ2n) is 9.29. The van der Waals surface area contributed by atoms with E-state index in [4.69, 9.17) is 11.6 Å². The topological polar surface area (TPSA) is 86.8 Å². The fraction of sp³-hybridized carbons (Fsp3) is 0.310. The summed E-state index contributed by atoms with van der Waals surface area (Å²) < 4.78 is 43.4. The molecule has 39 heavy (non-hydrogen) atoms. The fourth-order valence-corrected chi connectivity index (χ4v) is 5.65. The van der Waals surface area contributed by atoms with E-state index in [-0.39, 0.29) is 22.7 Å². The van der Waals surface area contributed by atoms with E-state index in [1.54, 1.807) is 43.3 Å². The number of amides is 2. The van der Waals surface area contributed by atoms with Crippen molar-refractivity contribution in [1.29, 1.82) is 0 Å². The number of hydrogen-bond donors (Lipinski definition) is 1. The Morgan fingerprint density at radius 3 is 2.31 bits per heavy atom. The van der Waals surface area contributed by atoms with E-state index < -0.39 is 40.2 Å². The number of carbonyl (C=O) groups is 2. The van der Waals surface area contributed by atoms with Gasteiger partial charge in [0.05, 0.1) is 10.6 Å². The predicted molar refractivity (Wildman–Crippen MR) is 152 cm³/mol. The summed E-state index contributed by atoms with van der Waals surface area (Å²) in [4.78, 5) is 27.9. The largest absolute Gasteiger partial charge is 0.354 e. The lowest BCUT2D eigenvalue weighted by atomic mass is 10.1. The third kappa shape index (κ3) is 7.16. The number of nitrogens with zero attached hydrogens (tertiary/aromatic N) is 2. The van der Waals surface area contributed by atoms with Crippen LogP contribution in [0.2, 0.25) is 5.02 Å². The molecule has 0 saturated heterocycles. The Morgan fingerprint density at radius 1 is 1.00 bits per heavy atom. The van der Waals surface area contributed by atoms with Gasteiger partial charge in [-0.2, -0.15) is 0 Å². The average Bonchev–Trinajstić information content (AvgIpc) is 2.91. The van der Waals surface area contributed by atoms with Gasteiger partial charge in [0.25, 0.3) is 10.0 Å². The molecule has 0 heterocycles. The Morgan fingerprint density at radius 2 is 1.67 bits per heavy atom. The van der Waals surface area contributed by atoms with Crippen LogP contribution in [0.5, 0.6) is 0 Å². The Balaban J connectivity index is 2.07. The third-order valence-corrected chi connectivity index (χ3v) is 8.59. The summed E-state index contributed by atoms with van der Waals surface area (Å²) in [6.07, 6.45) is 0.691. The van der Waals surface area contributed by atoms with Gasteiger partial charge in [-0.15, -0.1) is 0 Å². The molecular formula is C29H33ClFN3O4S. The molecule has 10 heteroatoms. The first-order valence-corrected chi connectivity index (χ1v) is 14.4. The molecule has 2 amide bonds. The van der Waals surface area contributed by atoms with E-state index in [0.717, 1.165) is 9.87 Å². The summed E-state index contributed by atoms with van der Waals surface area (Å²) in [5.41, 5.74) is 1.77. The van der Waals surface area contributed by atoms with E-state index in [0.29, 0.717) is 23.6 Å². The van der Waals surface area contributed by atoms with Crippen molar-refractivity contribution in [3.05, 3.63) is 94.3 Å². The Hall–Kier alpha value is -3.43. The van der Waals surface area contributed by atoms with Crippen molar-refractivity contribution in [3.63, 3.8) is 0 Å². The Bertz CT molecular complexity index is 1430. The van der Waals surface area contributed by atoms with Gasteiger partial charge in [0.15, 0.2) is 0 Å². The molecule has 0 aromatic heterocycles. The second kappa shape index (κ2) is 13.1. The number of aryl methyl sites for hydroxylation is 1. The van der Waals surface area contributed by atoms with Crippen LogP contribution in [0.4, 0.5) is 10.1 Å². The molecular weight excluding hydrogens is 541 g/mol. The summed E-state index contributed by atoms with van der Waals surface area (Å²) in [7, 11) is -4.23. The Labute approximate surface area is 234 Å². The summed E-state index contributed by atoms with van der Waals surface area (Å²) in [5.74, 6) is -1.63. The molecule has 1 unspecified atom stereocenters. The number of carbonyl (C=O) groups excluding carboxylic acids is 2. The van der Waals surface area contributed by atoms with Gasteiger partial charge in [-0.05, 0) is 63.1 Å². The molecule has 1 N–H and O–H groups in total. The van der Waals surface area contributed by atoms with Crippen LogP contribution < -0.4 is 9.62 Å². The van der Waals surface area contributed by atoms with Crippen molar-refractivity contribution in [2.75, 3.05) is 17.4 Å². The molecule has 0 bridgehead atoms. The highest BCUT2D eigenvalue weighted by molar-refractivity contribution is 7.92. The molecule has 3 aromatic rings. The number of benzene rings is 3. The van der Waals surface area contributed by atoms with E-state index in [1.165, 1.54) is 42.2 Å². The molecule has 0 spiro atoms. The first-order chi connectivity index (χ1) is 18.5. The number of nitrogens with one attached hydrogen (secondary N) is 1. The number of halogens is 2. The normalized spacial score (nSPS) is 12.1. The molecule has 3 aromatic carbocycles. The zero-order chi connectivity index (χ0) is 28.7. The highest BCUT2D eigenvalue weighted by Crippen LogP contribution is 2.31. The van der Waals surface area contributed by atoms with Crippen LogP contribution in [0.25, 0.3) is 0 Å². The maximum Gasteiger partial charge on any atom is 0.264 e. The second-order valence-corrected chi connectivity index (χ2v) is 11.6. The number of sulfonamides is 1. The van der Waals surface area contributed by atoms with Crippen LogP contribution in [-0.4, -0.2) is 44.3 Å². The number of hydrogen-bond acceptors (Lipinski definition) is 4. The van der Waals surface area contributed by atoms with Crippen molar-refractivity contribution < 1.29 is 22.4 Å². The van der Waals surface area contributed by atoms with Crippen molar-refractivity contribution in [2.45, 2.75) is 51.6 Å². The minimum atomic E-state index is -4.23. The minimum Gasteiger partial charge on any atom is -0.354 e. The van der Waals surface area contributed by atoms with Crippen molar-refractivity contribution in [1.82, 2.24) is 10.2 Å². The Kier molecular flexibility index (Phi) is 10.1. The van der Waals surface area contributed by atoms with Gasteiger partial charge in [-0.3, -0.25) is 13.9 Å². The highest BCUT2D eigenvalue weighted by atomic mass is 35.5. The fourth-order valence-electron chi connectivity index (χ4n) is 4.01. The SMILES string of the molecule is CCCNC(=O)C(C)N(Cc1ccccc1F)C(=O)CN(c1cccc(Cl)c1C)S(=O)(=O)c1ccc(C)cc1. The number of rotatable bonds is 11. The summed E-state index contributed by atoms with van der Waals surface area (Å²) in [6, 6.07) is 16.0. The molecule has 3 rings (SSSR count). The van der Waals surface area contributed by atoms with Crippen molar-refractivity contribution in [3.8, 4) is 0 Å². The lowest BCUT2D eigenvalue weighted by molar-refractivity contribution is -0.139. The van der Waals surface area contributed by atoms with Crippen LogP contribution in [0, 0.1) is 19.7 Å². The van der Waals surface area contributed by atoms with Gasteiger partial charge < -0.3 is 10.2 Å². The summed E-state index contributed by atoms with van der Waals surface area (Å²) >= 11 is 6.33. The molecule has 0 fully saturated rings. The average molecular weight is 574 g/mol. The van der Waals surface area contributed by atoms with Gasteiger partial charge in [-0.25, -0.2) is 12.8 Å². The zero-order valence-corrected chi connectivity index (χ0v) is 24.0. The van der Waals surface area contributed by atoms with E-state index >= 15 is 0 Å². The zero-order valence-electron chi connectivity index (χ0n) is 22.4. The molecule has 0 radical (unpaired) electrons. The standard InChI is InChI=1S/C29H33ClFN3O4S/c1-5-17-32-29(36)22(4)33(18-23-9-6-7-11-26(23)31)28(35)19-34(27-12-8-10-25(30)21(27)3)39(37,38)24-15-13-20(2)14-16-24/h6-16,22H,5,17-19H2,1-4H3,(H,32,36). The number of anilines is 1. The van der Waals surface area contributed by atoms with Gasteiger partial charge in [-0.1, -0.05) is 60.5 Å². The van der Waals surface area contributed by atoms with Crippen molar-refractivity contribution in [2.24, 2.45) is 0 Å². The van der Waals surface area contributed by atoms with Crippen LogP contribution in [0.1, 0.15) is 37.0 Å². The van der Waals surface area contributed by atoms with Crippen LogP contribution in [-0.2, 0) is 26.2 Å². The quantitative estimate of drug-likeness (QED) is 0.340. The molecule has 0 aliphatic rings. The summed E-state index contributed by atoms with van der Waals surface area (Å²) in [6.45, 7) is 6.49. The lowest BCUT2D eigenvalue weighted by Gasteiger charge is -2.32. The van der Waals surface area contributed by atoms with Crippen LogP contribution >= 0.6 is 11.6 Å².